The summed E-state index contributed by atoms with van der Waals surface area (Å²) >= 11 is 0. The predicted molar refractivity (Wildman–Crippen MR) is 125 cm³/mol. The third-order valence-corrected chi connectivity index (χ3v) is 5.76. The van der Waals surface area contributed by atoms with Gasteiger partial charge in [-0.3, -0.25) is 14.6 Å². The number of hydrogen-bond acceptors (Lipinski definition) is 6. The van der Waals surface area contributed by atoms with Crippen molar-refractivity contribution in [3.8, 4) is 11.5 Å². The van der Waals surface area contributed by atoms with Gasteiger partial charge in [0.2, 0.25) is 5.91 Å². The summed E-state index contributed by atoms with van der Waals surface area (Å²) in [7, 11) is 3.22. The van der Waals surface area contributed by atoms with Crippen molar-refractivity contribution in [1.82, 2.24) is 15.1 Å². The van der Waals surface area contributed by atoms with Crippen molar-refractivity contribution in [3.05, 3.63) is 59.7 Å². The number of morpholine rings is 1. The molecule has 1 unspecified atom stereocenters. The highest BCUT2D eigenvalue weighted by Gasteiger charge is 2.21. The molecular weight excluding hydrogens is 406 g/mol. The first-order valence-electron chi connectivity index (χ1n) is 11.1. The Balaban J connectivity index is 1.60. The van der Waals surface area contributed by atoms with Crippen LogP contribution in [0.1, 0.15) is 18.1 Å². The van der Waals surface area contributed by atoms with Gasteiger partial charge in [-0.1, -0.05) is 36.4 Å². The molecule has 3 rings (SSSR count). The van der Waals surface area contributed by atoms with E-state index in [-0.39, 0.29) is 11.9 Å². The van der Waals surface area contributed by atoms with Crippen molar-refractivity contribution < 1.29 is 19.0 Å². The van der Waals surface area contributed by atoms with E-state index in [0.717, 1.165) is 45.0 Å². The molecule has 7 heteroatoms. The van der Waals surface area contributed by atoms with Crippen LogP contribution >= 0.6 is 0 Å². The predicted octanol–water partition coefficient (Wildman–Crippen LogP) is 2.54. The number of benzene rings is 2. The van der Waals surface area contributed by atoms with E-state index in [0.29, 0.717) is 24.6 Å². The van der Waals surface area contributed by atoms with Gasteiger partial charge in [0, 0.05) is 38.8 Å². The lowest BCUT2D eigenvalue weighted by atomic mass is 10.1. The summed E-state index contributed by atoms with van der Waals surface area (Å²) in [6.45, 7) is 8.05. The third-order valence-electron chi connectivity index (χ3n) is 5.76. The fourth-order valence-corrected chi connectivity index (χ4v) is 3.89. The zero-order chi connectivity index (χ0) is 22.8. The maximum absolute atomic E-state index is 12.8. The molecule has 7 nitrogen and oxygen atoms in total. The molecule has 1 fully saturated rings. The monoisotopic (exact) mass is 441 g/mol. The van der Waals surface area contributed by atoms with Gasteiger partial charge in [0.05, 0.1) is 34.0 Å². The van der Waals surface area contributed by atoms with E-state index in [4.69, 9.17) is 14.2 Å². The zero-order valence-corrected chi connectivity index (χ0v) is 19.4. The Hall–Kier alpha value is -2.61. The van der Waals surface area contributed by atoms with Crippen molar-refractivity contribution in [3.63, 3.8) is 0 Å². The summed E-state index contributed by atoms with van der Waals surface area (Å²) < 4.78 is 16.1. The van der Waals surface area contributed by atoms with Gasteiger partial charge >= 0.3 is 0 Å². The topological polar surface area (TPSA) is 63.3 Å². The molecule has 1 aliphatic heterocycles. The van der Waals surface area contributed by atoms with E-state index < -0.39 is 0 Å². The minimum atomic E-state index is 0.00421. The highest BCUT2D eigenvalue weighted by atomic mass is 16.5. The molecule has 1 N–H and O–H groups in total. The van der Waals surface area contributed by atoms with Crippen molar-refractivity contribution >= 4 is 5.91 Å². The van der Waals surface area contributed by atoms with Crippen LogP contribution in [0.3, 0.4) is 0 Å². The second-order valence-corrected chi connectivity index (χ2v) is 8.12. The Morgan fingerprint density at radius 3 is 2.47 bits per heavy atom. The Kier molecular flexibility index (Phi) is 9.34. The number of carbonyl (C=O) groups excluding carboxylic acids is 1. The maximum Gasteiger partial charge on any atom is 0.234 e. The number of carbonyl (C=O) groups is 1. The summed E-state index contributed by atoms with van der Waals surface area (Å²) in [5, 5.41) is 3.05. The molecule has 1 amide bonds. The van der Waals surface area contributed by atoms with Crippen LogP contribution in [0, 0.1) is 0 Å². The van der Waals surface area contributed by atoms with Gasteiger partial charge in [0.25, 0.3) is 0 Å². The first-order chi connectivity index (χ1) is 15.6. The van der Waals surface area contributed by atoms with Crippen molar-refractivity contribution in [2.24, 2.45) is 0 Å². The molecule has 1 saturated heterocycles. The van der Waals surface area contributed by atoms with Crippen LogP contribution in [0.2, 0.25) is 0 Å². The number of rotatable bonds is 11. The standard InChI is InChI=1S/C25H35N3O4/c1-20(17-27-11-13-32-14-12-27)28(18-21-7-5-4-6-8-21)19-25(29)26-16-22-9-10-23(30-2)24(15-22)31-3/h4-10,15,20H,11-14,16-19H2,1-3H3,(H,26,29). The number of ether oxygens (including phenoxy) is 3. The smallest absolute Gasteiger partial charge is 0.234 e. The van der Waals surface area contributed by atoms with Gasteiger partial charge in [0.15, 0.2) is 11.5 Å². The summed E-state index contributed by atoms with van der Waals surface area (Å²) in [6, 6.07) is 16.2. The zero-order valence-electron chi connectivity index (χ0n) is 19.4. The van der Waals surface area contributed by atoms with Gasteiger partial charge in [-0.25, -0.2) is 0 Å². The van der Waals surface area contributed by atoms with Crippen molar-refractivity contribution in [1.29, 1.82) is 0 Å². The quantitative estimate of drug-likeness (QED) is 0.578. The Bertz CT molecular complexity index is 840. The maximum atomic E-state index is 12.8. The molecule has 0 bridgehead atoms. The first kappa shape index (κ1) is 24.0. The minimum absolute atomic E-state index is 0.00421. The number of nitrogens with zero attached hydrogens (tertiary/aromatic N) is 2. The molecule has 1 aliphatic rings. The average molecular weight is 442 g/mol. The van der Waals surface area contributed by atoms with Crippen LogP contribution in [0.25, 0.3) is 0 Å². The summed E-state index contributed by atoms with van der Waals surface area (Å²) in [4.78, 5) is 17.5. The van der Waals surface area contributed by atoms with Gasteiger partial charge in [-0.2, -0.15) is 0 Å². The van der Waals surface area contributed by atoms with E-state index in [1.165, 1.54) is 5.56 Å². The second kappa shape index (κ2) is 12.4. The molecule has 174 valence electrons. The van der Waals surface area contributed by atoms with Crippen molar-refractivity contribution in [2.45, 2.75) is 26.1 Å². The lowest BCUT2D eigenvalue weighted by Gasteiger charge is -2.34. The Morgan fingerprint density at radius 1 is 1.06 bits per heavy atom. The first-order valence-corrected chi connectivity index (χ1v) is 11.1. The van der Waals surface area contributed by atoms with Crippen molar-refractivity contribution in [2.75, 3.05) is 53.6 Å². The SMILES string of the molecule is COc1ccc(CNC(=O)CN(Cc2ccccc2)C(C)CN2CCOCC2)cc1OC. The molecule has 0 spiro atoms. The number of methoxy groups -OCH3 is 2. The number of nitrogens with one attached hydrogen (secondary N) is 1. The van der Waals surface area contributed by atoms with Crippen LogP contribution in [-0.2, 0) is 22.6 Å². The largest absolute Gasteiger partial charge is 0.493 e. The lowest BCUT2D eigenvalue weighted by Crippen LogP contribution is -2.48. The van der Waals surface area contributed by atoms with Crippen LogP contribution in [0.15, 0.2) is 48.5 Å². The fourth-order valence-electron chi connectivity index (χ4n) is 3.89. The molecule has 32 heavy (non-hydrogen) atoms. The summed E-state index contributed by atoms with van der Waals surface area (Å²) in [5.74, 6) is 1.34. The Morgan fingerprint density at radius 2 is 1.78 bits per heavy atom. The molecule has 0 saturated carbocycles. The van der Waals surface area contributed by atoms with E-state index in [1.54, 1.807) is 14.2 Å². The van der Waals surface area contributed by atoms with E-state index >= 15 is 0 Å². The summed E-state index contributed by atoms with van der Waals surface area (Å²) in [5.41, 5.74) is 2.17. The van der Waals surface area contributed by atoms with Gasteiger partial charge in [0.1, 0.15) is 0 Å². The van der Waals surface area contributed by atoms with Gasteiger partial charge in [-0.15, -0.1) is 0 Å². The third kappa shape index (κ3) is 7.22. The normalized spacial score (nSPS) is 15.4. The van der Waals surface area contributed by atoms with E-state index in [1.807, 2.05) is 36.4 Å². The van der Waals surface area contributed by atoms with Crippen LogP contribution in [-0.4, -0.2) is 75.4 Å². The highest BCUT2D eigenvalue weighted by molar-refractivity contribution is 5.78. The molecule has 2 aromatic rings. The van der Waals surface area contributed by atoms with E-state index in [9.17, 15) is 4.79 Å². The highest BCUT2D eigenvalue weighted by Crippen LogP contribution is 2.27. The molecule has 0 aromatic heterocycles. The van der Waals surface area contributed by atoms with Crippen LogP contribution in [0.4, 0.5) is 0 Å². The Labute approximate surface area is 191 Å². The average Bonchev–Trinajstić information content (AvgIpc) is 2.83. The fraction of sp³-hybridized carbons (Fsp3) is 0.480. The number of amides is 1. The molecule has 0 aliphatic carbocycles. The van der Waals surface area contributed by atoms with Crippen LogP contribution in [0.5, 0.6) is 11.5 Å². The van der Waals surface area contributed by atoms with Gasteiger partial charge in [-0.05, 0) is 30.2 Å². The summed E-state index contributed by atoms with van der Waals surface area (Å²) in [6.07, 6.45) is 0. The molecule has 2 aromatic carbocycles. The van der Waals surface area contributed by atoms with E-state index in [2.05, 4.69) is 34.2 Å². The molecular formula is C25H35N3O4. The van der Waals surface area contributed by atoms with Gasteiger partial charge < -0.3 is 19.5 Å². The number of hydrogen-bond donors (Lipinski definition) is 1. The van der Waals surface area contributed by atoms with Crippen LogP contribution < -0.4 is 14.8 Å². The second-order valence-electron chi connectivity index (χ2n) is 8.12. The molecule has 0 radical (unpaired) electrons. The molecule has 1 atom stereocenters. The minimum Gasteiger partial charge on any atom is -0.493 e. The lowest BCUT2D eigenvalue weighted by molar-refractivity contribution is -0.123. The molecule has 1 heterocycles.